The number of rotatable bonds is 6. The number of hydrogen-bond donors (Lipinski definition) is 3. The molecule has 2 aromatic carbocycles. The van der Waals surface area contributed by atoms with E-state index in [1.54, 1.807) is 50.2 Å². The van der Waals surface area contributed by atoms with Crippen molar-refractivity contribution in [1.82, 2.24) is 10.6 Å². The zero-order valence-electron chi connectivity index (χ0n) is 16.3. The predicted molar refractivity (Wildman–Crippen MR) is 107 cm³/mol. The van der Waals surface area contributed by atoms with Gasteiger partial charge < -0.3 is 20.5 Å². The third-order valence-corrected chi connectivity index (χ3v) is 5.33. The molecule has 3 unspecified atom stereocenters. The third-order valence-electron chi connectivity index (χ3n) is 5.33. The fraction of sp³-hybridized carbons (Fsp3) is 0.318. The highest BCUT2D eigenvalue weighted by Crippen LogP contribution is 2.25. The fourth-order valence-electron chi connectivity index (χ4n) is 3.25. The molecule has 3 N–H and O–H groups in total. The van der Waals surface area contributed by atoms with Crippen LogP contribution in [-0.4, -0.2) is 47.5 Å². The van der Waals surface area contributed by atoms with Gasteiger partial charge >= 0.3 is 0 Å². The number of nitrogens with one attached hydrogen (secondary N) is 2. The van der Waals surface area contributed by atoms with E-state index in [-0.39, 0.29) is 30.6 Å². The van der Waals surface area contributed by atoms with Crippen LogP contribution in [0, 0.1) is 0 Å². The van der Waals surface area contributed by atoms with Crippen molar-refractivity contribution in [3.05, 3.63) is 65.7 Å². The van der Waals surface area contributed by atoms with E-state index in [4.69, 9.17) is 4.74 Å². The standard InChI is InChI=1S/C22H24N2O5/c1-14-22(2,19(26)13-29-14)24-21(28)18(16-9-6-10-17(25)11-16)12-23-20(27)15-7-4-3-5-8-15/h3-11,14,18,25H,12-13H2,1-2H3,(H,23,27)(H,24,28). The summed E-state index contributed by atoms with van der Waals surface area (Å²) in [6.07, 6.45) is -0.470. The Morgan fingerprint density at radius 1 is 1.21 bits per heavy atom. The van der Waals surface area contributed by atoms with Crippen LogP contribution in [0.2, 0.25) is 0 Å². The monoisotopic (exact) mass is 396 g/mol. The Morgan fingerprint density at radius 3 is 2.55 bits per heavy atom. The lowest BCUT2D eigenvalue weighted by Gasteiger charge is -2.29. The Hall–Kier alpha value is -3.19. The van der Waals surface area contributed by atoms with Crippen molar-refractivity contribution in [2.75, 3.05) is 13.2 Å². The molecule has 0 saturated carbocycles. The molecular formula is C22H24N2O5. The number of ether oxygens (including phenoxy) is 1. The van der Waals surface area contributed by atoms with Crippen molar-refractivity contribution in [3.8, 4) is 5.75 Å². The van der Waals surface area contributed by atoms with Crippen molar-refractivity contribution >= 4 is 17.6 Å². The summed E-state index contributed by atoms with van der Waals surface area (Å²) >= 11 is 0. The first-order chi connectivity index (χ1) is 13.8. The van der Waals surface area contributed by atoms with Gasteiger partial charge in [-0.3, -0.25) is 14.4 Å². The van der Waals surface area contributed by atoms with Gasteiger partial charge in [0.1, 0.15) is 17.9 Å². The molecule has 0 aliphatic carbocycles. The van der Waals surface area contributed by atoms with Crippen LogP contribution in [0.15, 0.2) is 54.6 Å². The van der Waals surface area contributed by atoms with Gasteiger partial charge in [0.15, 0.2) is 5.78 Å². The number of ketones is 1. The normalized spacial score (nSPS) is 22.1. The summed E-state index contributed by atoms with van der Waals surface area (Å²) in [6.45, 7) is 3.31. The quantitative estimate of drug-likeness (QED) is 0.690. The Morgan fingerprint density at radius 2 is 1.93 bits per heavy atom. The highest BCUT2D eigenvalue weighted by molar-refractivity contribution is 5.98. The van der Waals surface area contributed by atoms with Crippen LogP contribution in [0.4, 0.5) is 0 Å². The van der Waals surface area contributed by atoms with E-state index in [0.29, 0.717) is 11.1 Å². The molecule has 2 amide bonds. The van der Waals surface area contributed by atoms with Crippen molar-refractivity contribution in [2.24, 2.45) is 0 Å². The lowest BCUT2D eigenvalue weighted by Crippen LogP contribution is -2.57. The number of hydrogen-bond acceptors (Lipinski definition) is 5. The maximum atomic E-state index is 13.1. The van der Waals surface area contributed by atoms with E-state index >= 15 is 0 Å². The van der Waals surface area contributed by atoms with E-state index in [2.05, 4.69) is 10.6 Å². The highest BCUT2D eigenvalue weighted by atomic mass is 16.5. The van der Waals surface area contributed by atoms with Gasteiger partial charge in [0.25, 0.3) is 5.91 Å². The molecule has 0 bridgehead atoms. The van der Waals surface area contributed by atoms with E-state index in [1.165, 1.54) is 12.1 Å². The first-order valence-corrected chi connectivity index (χ1v) is 9.40. The predicted octanol–water partition coefficient (Wildman–Crippen LogP) is 1.77. The second kappa shape index (κ2) is 8.45. The first kappa shape index (κ1) is 20.5. The van der Waals surface area contributed by atoms with Crippen LogP contribution in [0.1, 0.15) is 35.7 Å². The van der Waals surface area contributed by atoms with E-state index in [1.807, 2.05) is 6.07 Å². The summed E-state index contributed by atoms with van der Waals surface area (Å²) in [5.41, 5.74) is -0.142. The highest BCUT2D eigenvalue weighted by Gasteiger charge is 2.47. The SMILES string of the molecule is CC1OCC(=O)C1(C)NC(=O)C(CNC(=O)c1ccccc1)c1cccc(O)c1. The van der Waals surface area contributed by atoms with E-state index in [9.17, 15) is 19.5 Å². The molecule has 0 spiro atoms. The van der Waals surface area contributed by atoms with Crippen LogP contribution in [0.5, 0.6) is 5.75 Å². The van der Waals surface area contributed by atoms with Crippen LogP contribution in [0.3, 0.4) is 0 Å². The number of carbonyl (C=O) groups excluding carboxylic acids is 3. The molecule has 3 rings (SSSR count). The number of benzene rings is 2. The van der Waals surface area contributed by atoms with Gasteiger partial charge in [0.2, 0.25) is 5.91 Å². The van der Waals surface area contributed by atoms with Gasteiger partial charge in [-0.05, 0) is 43.7 Å². The summed E-state index contributed by atoms with van der Waals surface area (Å²) in [5, 5.41) is 15.4. The lowest BCUT2D eigenvalue weighted by molar-refractivity contribution is -0.130. The van der Waals surface area contributed by atoms with E-state index in [0.717, 1.165) is 0 Å². The number of phenols is 1. The Bertz CT molecular complexity index is 914. The lowest BCUT2D eigenvalue weighted by atomic mass is 9.90. The fourth-order valence-corrected chi connectivity index (χ4v) is 3.25. The second-order valence-electron chi connectivity index (χ2n) is 7.29. The first-order valence-electron chi connectivity index (χ1n) is 9.40. The molecule has 29 heavy (non-hydrogen) atoms. The minimum atomic E-state index is -1.14. The molecule has 1 aliphatic heterocycles. The van der Waals surface area contributed by atoms with Crippen LogP contribution < -0.4 is 10.6 Å². The number of carbonyl (C=O) groups is 3. The molecule has 1 aliphatic rings. The van der Waals surface area contributed by atoms with E-state index < -0.39 is 23.5 Å². The topological polar surface area (TPSA) is 105 Å². The van der Waals surface area contributed by atoms with Gasteiger partial charge in [-0.25, -0.2) is 0 Å². The molecule has 3 atom stereocenters. The maximum Gasteiger partial charge on any atom is 0.251 e. The third kappa shape index (κ3) is 4.46. The summed E-state index contributed by atoms with van der Waals surface area (Å²) in [5.74, 6) is -1.75. The van der Waals surface area contributed by atoms with Crippen LogP contribution >= 0.6 is 0 Å². The minimum Gasteiger partial charge on any atom is -0.508 e. The minimum absolute atomic E-state index is 0.00250. The summed E-state index contributed by atoms with van der Waals surface area (Å²) in [6, 6.07) is 14.9. The Labute approximate surface area is 169 Å². The molecule has 1 heterocycles. The zero-order chi connectivity index (χ0) is 21.0. The van der Waals surface area contributed by atoms with Crippen molar-refractivity contribution in [1.29, 1.82) is 0 Å². The van der Waals surface area contributed by atoms with Gasteiger partial charge in [-0.15, -0.1) is 0 Å². The Balaban J connectivity index is 1.80. The molecule has 1 saturated heterocycles. The second-order valence-corrected chi connectivity index (χ2v) is 7.29. The summed E-state index contributed by atoms with van der Waals surface area (Å²) in [4.78, 5) is 37.8. The number of aromatic hydroxyl groups is 1. The Kier molecular flexibility index (Phi) is 5.98. The largest absolute Gasteiger partial charge is 0.508 e. The molecule has 1 fully saturated rings. The molecular weight excluding hydrogens is 372 g/mol. The zero-order valence-corrected chi connectivity index (χ0v) is 16.3. The molecule has 0 radical (unpaired) electrons. The number of amides is 2. The summed E-state index contributed by atoms with van der Waals surface area (Å²) < 4.78 is 5.37. The number of phenolic OH excluding ortho intramolecular Hbond substituents is 1. The smallest absolute Gasteiger partial charge is 0.251 e. The molecule has 152 valence electrons. The molecule has 2 aromatic rings. The summed E-state index contributed by atoms with van der Waals surface area (Å²) in [7, 11) is 0. The average Bonchev–Trinajstić information content (AvgIpc) is 2.95. The van der Waals surface area contributed by atoms with Crippen molar-refractivity contribution in [3.63, 3.8) is 0 Å². The van der Waals surface area contributed by atoms with Gasteiger partial charge in [0.05, 0.1) is 12.0 Å². The van der Waals surface area contributed by atoms with Gasteiger partial charge in [-0.1, -0.05) is 30.3 Å². The van der Waals surface area contributed by atoms with Crippen molar-refractivity contribution in [2.45, 2.75) is 31.4 Å². The average molecular weight is 396 g/mol. The maximum absolute atomic E-state index is 13.1. The molecule has 0 aromatic heterocycles. The van der Waals surface area contributed by atoms with Crippen LogP contribution in [-0.2, 0) is 14.3 Å². The number of Topliss-reactive ketones (excluding diaryl/α,β-unsaturated/α-hetero) is 1. The van der Waals surface area contributed by atoms with Gasteiger partial charge in [0, 0.05) is 12.1 Å². The molecule has 7 nitrogen and oxygen atoms in total. The van der Waals surface area contributed by atoms with Gasteiger partial charge in [-0.2, -0.15) is 0 Å². The van der Waals surface area contributed by atoms with Crippen LogP contribution in [0.25, 0.3) is 0 Å². The molecule has 7 heteroatoms. The van der Waals surface area contributed by atoms with Crippen molar-refractivity contribution < 1.29 is 24.2 Å².